The van der Waals surface area contributed by atoms with Gasteiger partial charge in [-0.25, -0.2) is 0 Å². The summed E-state index contributed by atoms with van der Waals surface area (Å²) >= 11 is 6.21. The van der Waals surface area contributed by atoms with Crippen molar-refractivity contribution in [2.24, 2.45) is 17.8 Å². The van der Waals surface area contributed by atoms with Gasteiger partial charge in [-0.2, -0.15) is 0 Å². The van der Waals surface area contributed by atoms with Crippen LogP contribution in [-0.2, 0) is 14.4 Å². The van der Waals surface area contributed by atoms with E-state index < -0.39 is 12.1 Å². The average Bonchev–Trinajstić information content (AvgIpc) is 3.66. The normalized spacial score (nSPS) is 25.9. The molecule has 3 fully saturated rings. The largest absolute Gasteiger partial charge is 0.496 e. The molecule has 1 aliphatic heterocycles. The SMILES string of the molecule is CCC(=O)[C@H](C[C@@H]1CCCC1=O)NC(=O)[C@@H]1[C@H]2CCC[C@H]2CN1C(=O)c1cc2c(OC)cc(Cl)cc2[nH]1. The van der Waals surface area contributed by atoms with Crippen LogP contribution in [0.1, 0.15) is 68.8 Å². The average molecular weight is 528 g/mol. The van der Waals surface area contributed by atoms with Crippen LogP contribution in [0, 0.1) is 17.8 Å². The molecule has 0 spiro atoms. The van der Waals surface area contributed by atoms with Crippen LogP contribution in [0.15, 0.2) is 18.2 Å². The van der Waals surface area contributed by atoms with Crippen molar-refractivity contribution >= 4 is 45.9 Å². The lowest BCUT2D eigenvalue weighted by atomic mass is 9.91. The molecule has 2 aromatic rings. The Morgan fingerprint density at radius 1 is 1.19 bits per heavy atom. The summed E-state index contributed by atoms with van der Waals surface area (Å²) in [6, 6.07) is 3.82. The summed E-state index contributed by atoms with van der Waals surface area (Å²) in [5.74, 6) is 0.234. The second-order valence-electron chi connectivity index (χ2n) is 10.7. The molecule has 0 radical (unpaired) electrons. The lowest BCUT2D eigenvalue weighted by Gasteiger charge is -2.29. The fourth-order valence-corrected chi connectivity index (χ4v) is 6.86. The summed E-state index contributed by atoms with van der Waals surface area (Å²) in [7, 11) is 1.55. The van der Waals surface area contributed by atoms with E-state index in [-0.39, 0.29) is 47.6 Å². The van der Waals surface area contributed by atoms with Crippen LogP contribution < -0.4 is 10.1 Å². The van der Waals surface area contributed by atoms with Crippen molar-refractivity contribution in [3.05, 3.63) is 28.9 Å². The minimum absolute atomic E-state index is 0.0581. The van der Waals surface area contributed by atoms with Crippen LogP contribution in [0.3, 0.4) is 0 Å². The molecule has 2 saturated carbocycles. The molecule has 5 atom stereocenters. The van der Waals surface area contributed by atoms with Crippen molar-refractivity contribution in [1.82, 2.24) is 15.2 Å². The van der Waals surface area contributed by atoms with Crippen molar-refractivity contribution in [2.45, 2.75) is 70.4 Å². The third kappa shape index (κ3) is 4.88. The zero-order chi connectivity index (χ0) is 26.3. The molecule has 1 aromatic carbocycles. The summed E-state index contributed by atoms with van der Waals surface area (Å²) in [6.07, 6.45) is 5.63. The number of aromatic amines is 1. The summed E-state index contributed by atoms with van der Waals surface area (Å²) in [5.41, 5.74) is 1.05. The third-order valence-corrected chi connectivity index (χ3v) is 8.76. The fraction of sp³-hybridized carbons (Fsp3) is 0.571. The number of carbonyl (C=O) groups is 4. The van der Waals surface area contributed by atoms with Gasteiger partial charge in [0.2, 0.25) is 5.91 Å². The maximum Gasteiger partial charge on any atom is 0.271 e. The van der Waals surface area contributed by atoms with E-state index in [0.717, 1.165) is 37.5 Å². The van der Waals surface area contributed by atoms with Gasteiger partial charge in [0.25, 0.3) is 5.91 Å². The topological polar surface area (TPSA) is 109 Å². The molecule has 3 aliphatic rings. The van der Waals surface area contributed by atoms with E-state index in [1.165, 1.54) is 0 Å². The number of Topliss-reactive ketones (excluding diaryl/α,β-unsaturated/α-hetero) is 2. The van der Waals surface area contributed by atoms with Gasteiger partial charge >= 0.3 is 0 Å². The number of hydrogen-bond acceptors (Lipinski definition) is 5. The molecule has 1 saturated heterocycles. The van der Waals surface area contributed by atoms with E-state index in [2.05, 4.69) is 10.3 Å². The Morgan fingerprint density at radius 2 is 2.00 bits per heavy atom. The number of ether oxygens (including phenoxy) is 1. The molecule has 2 amide bonds. The van der Waals surface area contributed by atoms with Gasteiger partial charge in [0.05, 0.1) is 18.7 Å². The van der Waals surface area contributed by atoms with E-state index in [1.807, 2.05) is 0 Å². The Morgan fingerprint density at radius 3 is 2.70 bits per heavy atom. The molecule has 2 aliphatic carbocycles. The highest BCUT2D eigenvalue weighted by molar-refractivity contribution is 6.31. The number of nitrogens with zero attached hydrogens (tertiary/aromatic N) is 1. The van der Waals surface area contributed by atoms with E-state index in [4.69, 9.17) is 16.3 Å². The minimum Gasteiger partial charge on any atom is -0.496 e. The number of fused-ring (bicyclic) bond motifs is 2. The number of benzene rings is 1. The first-order valence-electron chi connectivity index (χ1n) is 13.3. The quantitative estimate of drug-likeness (QED) is 0.532. The molecule has 0 bridgehead atoms. The summed E-state index contributed by atoms with van der Waals surface area (Å²) in [6.45, 7) is 2.27. The maximum absolute atomic E-state index is 13.8. The van der Waals surface area contributed by atoms with Crippen LogP contribution in [0.25, 0.3) is 10.9 Å². The zero-order valence-corrected chi connectivity index (χ0v) is 22.1. The van der Waals surface area contributed by atoms with Gasteiger partial charge in [-0.05, 0) is 62.1 Å². The number of likely N-dealkylation sites (tertiary alicyclic amines) is 1. The van der Waals surface area contributed by atoms with Crippen molar-refractivity contribution in [3.8, 4) is 5.75 Å². The Hall–Kier alpha value is -2.87. The molecular weight excluding hydrogens is 494 g/mol. The molecule has 198 valence electrons. The number of rotatable bonds is 8. The Labute approximate surface area is 221 Å². The van der Waals surface area contributed by atoms with Gasteiger partial charge in [0.15, 0.2) is 5.78 Å². The molecule has 1 aromatic heterocycles. The Bertz CT molecular complexity index is 1240. The lowest BCUT2D eigenvalue weighted by molar-refractivity contribution is -0.131. The van der Waals surface area contributed by atoms with Crippen LogP contribution in [-0.4, -0.2) is 59.0 Å². The van der Waals surface area contributed by atoms with Gasteiger partial charge in [-0.3, -0.25) is 19.2 Å². The van der Waals surface area contributed by atoms with Crippen LogP contribution in [0.4, 0.5) is 0 Å². The number of nitrogens with one attached hydrogen (secondary N) is 2. The summed E-state index contributed by atoms with van der Waals surface area (Å²) in [4.78, 5) is 57.4. The monoisotopic (exact) mass is 527 g/mol. The first-order valence-corrected chi connectivity index (χ1v) is 13.7. The second-order valence-corrected chi connectivity index (χ2v) is 11.1. The predicted molar refractivity (Wildman–Crippen MR) is 140 cm³/mol. The minimum atomic E-state index is -0.707. The molecule has 2 N–H and O–H groups in total. The smallest absolute Gasteiger partial charge is 0.271 e. The Balaban J connectivity index is 1.40. The number of hydrogen-bond donors (Lipinski definition) is 2. The molecule has 5 rings (SSSR count). The number of ketones is 2. The van der Waals surface area contributed by atoms with E-state index in [0.29, 0.717) is 41.4 Å². The highest BCUT2D eigenvalue weighted by Gasteiger charge is 2.50. The number of amides is 2. The Kier molecular flexibility index (Phi) is 7.30. The van der Waals surface area contributed by atoms with E-state index in [9.17, 15) is 19.2 Å². The first kappa shape index (κ1) is 25.8. The fourth-order valence-electron chi connectivity index (χ4n) is 6.66. The van der Waals surface area contributed by atoms with Crippen molar-refractivity contribution in [2.75, 3.05) is 13.7 Å². The molecule has 2 heterocycles. The van der Waals surface area contributed by atoms with Crippen LogP contribution >= 0.6 is 11.6 Å². The lowest BCUT2D eigenvalue weighted by Crippen LogP contribution is -2.53. The van der Waals surface area contributed by atoms with Crippen molar-refractivity contribution in [3.63, 3.8) is 0 Å². The van der Waals surface area contributed by atoms with Crippen LogP contribution in [0.5, 0.6) is 5.75 Å². The number of halogens is 1. The van der Waals surface area contributed by atoms with Gasteiger partial charge in [-0.15, -0.1) is 0 Å². The number of H-pyrrole nitrogens is 1. The van der Waals surface area contributed by atoms with Crippen molar-refractivity contribution in [1.29, 1.82) is 0 Å². The molecule has 8 nitrogen and oxygen atoms in total. The summed E-state index contributed by atoms with van der Waals surface area (Å²) < 4.78 is 5.44. The maximum atomic E-state index is 13.8. The van der Waals surface area contributed by atoms with Gasteiger partial charge in [0, 0.05) is 35.7 Å². The van der Waals surface area contributed by atoms with E-state index in [1.54, 1.807) is 37.1 Å². The van der Waals surface area contributed by atoms with E-state index >= 15 is 0 Å². The highest BCUT2D eigenvalue weighted by atomic mass is 35.5. The second kappa shape index (κ2) is 10.5. The molecular formula is C28H34ClN3O5. The zero-order valence-electron chi connectivity index (χ0n) is 21.3. The third-order valence-electron chi connectivity index (χ3n) is 8.54. The standard InChI is InChI=1S/C28H34ClN3O5/c1-3-23(33)21(10-15-6-5-9-24(15)34)31-27(35)26-18-8-4-7-16(18)14-32(26)28(36)22-13-19-20(30-22)11-17(29)12-25(19)37-2/h11-13,15-16,18,21,26,30H,3-10,14H2,1-2H3,(H,31,35)/t15-,16-,18-,21-,26-/m0/s1. The number of methoxy groups -OCH3 is 1. The first-order chi connectivity index (χ1) is 17.8. The van der Waals surface area contributed by atoms with Gasteiger partial charge < -0.3 is 19.9 Å². The molecule has 0 unspecified atom stereocenters. The summed E-state index contributed by atoms with van der Waals surface area (Å²) in [5, 5.41) is 4.21. The number of carbonyl (C=O) groups excluding carboxylic acids is 4. The molecule has 37 heavy (non-hydrogen) atoms. The number of aromatic nitrogens is 1. The van der Waals surface area contributed by atoms with Crippen LogP contribution in [0.2, 0.25) is 5.02 Å². The highest BCUT2D eigenvalue weighted by Crippen LogP contribution is 2.43. The predicted octanol–water partition coefficient (Wildman–Crippen LogP) is 4.29. The molecule has 9 heteroatoms. The van der Waals surface area contributed by atoms with Gasteiger partial charge in [-0.1, -0.05) is 24.9 Å². The van der Waals surface area contributed by atoms with Crippen molar-refractivity contribution < 1.29 is 23.9 Å². The van der Waals surface area contributed by atoms with Gasteiger partial charge in [0.1, 0.15) is 23.3 Å².